The highest BCUT2D eigenvalue weighted by Crippen LogP contribution is 2.31. The van der Waals surface area contributed by atoms with Crippen LogP contribution in [0.4, 0.5) is 4.39 Å². The highest BCUT2D eigenvalue weighted by Gasteiger charge is 2.18. The Labute approximate surface area is 119 Å². The molecule has 0 atom stereocenters. The molecular weight excluding hydrogens is 261 g/mol. The van der Waals surface area contributed by atoms with Crippen molar-refractivity contribution in [2.75, 3.05) is 6.54 Å². The molecule has 1 aliphatic rings. The van der Waals surface area contributed by atoms with Crippen molar-refractivity contribution in [3.63, 3.8) is 0 Å². The van der Waals surface area contributed by atoms with Gasteiger partial charge in [-0.3, -0.25) is 0 Å². The molecule has 2 aromatic rings. The van der Waals surface area contributed by atoms with Crippen LogP contribution in [0, 0.1) is 12.7 Å². The zero-order chi connectivity index (χ0) is 12.5. The van der Waals surface area contributed by atoms with Gasteiger partial charge in [-0.2, -0.15) is 0 Å². The molecule has 100 valence electrons. The van der Waals surface area contributed by atoms with Gasteiger partial charge in [0.2, 0.25) is 0 Å². The summed E-state index contributed by atoms with van der Waals surface area (Å²) in [5, 5.41) is 3.33. The van der Waals surface area contributed by atoms with Crippen molar-refractivity contribution >= 4 is 12.4 Å². The fraction of sp³-hybridized carbons (Fsp3) is 0.250. The maximum atomic E-state index is 13.8. The predicted molar refractivity (Wildman–Crippen MR) is 79.2 cm³/mol. The molecule has 2 aromatic carbocycles. The molecule has 1 N–H and O–H groups in total. The van der Waals surface area contributed by atoms with Gasteiger partial charge in [-0.05, 0) is 53.8 Å². The second-order valence-electron chi connectivity index (χ2n) is 4.79. The molecular formula is C16H17ClFN. The Morgan fingerprint density at radius 3 is 2.58 bits per heavy atom. The van der Waals surface area contributed by atoms with Crippen LogP contribution in [-0.2, 0) is 13.0 Å². The largest absolute Gasteiger partial charge is 0.312 e. The number of hydrogen-bond acceptors (Lipinski definition) is 1. The third kappa shape index (κ3) is 2.51. The van der Waals surface area contributed by atoms with Crippen molar-refractivity contribution in [2.24, 2.45) is 0 Å². The standard InChI is InChI=1S/C16H16FN.ClH/c1-11-4-2-3-5-12(11)13-6-7-16(17)14-8-9-18-10-15(13)14;/h2-7,18H,8-10H2,1H3;1H. The Kier molecular flexibility index (Phi) is 4.23. The van der Waals surface area contributed by atoms with E-state index in [9.17, 15) is 4.39 Å². The average Bonchev–Trinajstić information content (AvgIpc) is 2.41. The van der Waals surface area contributed by atoms with E-state index in [4.69, 9.17) is 0 Å². The number of halogens is 2. The lowest BCUT2D eigenvalue weighted by atomic mass is 9.90. The molecule has 0 saturated heterocycles. The lowest BCUT2D eigenvalue weighted by molar-refractivity contribution is 0.570. The summed E-state index contributed by atoms with van der Waals surface area (Å²) >= 11 is 0. The minimum Gasteiger partial charge on any atom is -0.312 e. The van der Waals surface area contributed by atoms with E-state index in [-0.39, 0.29) is 18.2 Å². The van der Waals surface area contributed by atoms with Gasteiger partial charge in [-0.15, -0.1) is 12.4 Å². The summed E-state index contributed by atoms with van der Waals surface area (Å²) in [6, 6.07) is 11.8. The Bertz CT molecular complexity index is 595. The molecule has 0 amide bonds. The molecule has 19 heavy (non-hydrogen) atoms. The molecule has 0 aromatic heterocycles. The minimum atomic E-state index is -0.0659. The molecule has 1 heterocycles. The zero-order valence-corrected chi connectivity index (χ0v) is 11.7. The number of benzene rings is 2. The van der Waals surface area contributed by atoms with Crippen molar-refractivity contribution in [1.29, 1.82) is 0 Å². The van der Waals surface area contributed by atoms with E-state index in [1.54, 1.807) is 6.07 Å². The Balaban J connectivity index is 0.00000133. The quantitative estimate of drug-likeness (QED) is 0.834. The highest BCUT2D eigenvalue weighted by atomic mass is 35.5. The average molecular weight is 278 g/mol. The van der Waals surface area contributed by atoms with Crippen LogP contribution in [-0.4, -0.2) is 6.54 Å². The highest BCUT2D eigenvalue weighted by molar-refractivity contribution is 5.85. The Hall–Kier alpha value is -1.38. The van der Waals surface area contributed by atoms with Crippen molar-refractivity contribution in [3.05, 3.63) is 58.9 Å². The van der Waals surface area contributed by atoms with Gasteiger partial charge in [0.1, 0.15) is 5.82 Å². The molecule has 0 saturated carbocycles. The van der Waals surface area contributed by atoms with Crippen LogP contribution < -0.4 is 5.32 Å². The fourth-order valence-corrected chi connectivity index (χ4v) is 2.69. The summed E-state index contributed by atoms with van der Waals surface area (Å²) < 4.78 is 13.8. The number of fused-ring (bicyclic) bond motifs is 1. The van der Waals surface area contributed by atoms with E-state index >= 15 is 0 Å². The van der Waals surface area contributed by atoms with Crippen LogP contribution in [0.15, 0.2) is 36.4 Å². The molecule has 0 fully saturated rings. The van der Waals surface area contributed by atoms with E-state index in [2.05, 4.69) is 24.4 Å². The fourth-order valence-electron chi connectivity index (χ4n) is 2.69. The van der Waals surface area contributed by atoms with Crippen LogP contribution in [0.3, 0.4) is 0 Å². The summed E-state index contributed by atoms with van der Waals surface area (Å²) in [4.78, 5) is 0. The Morgan fingerprint density at radius 2 is 1.79 bits per heavy atom. The van der Waals surface area contributed by atoms with Crippen molar-refractivity contribution in [1.82, 2.24) is 5.32 Å². The molecule has 0 bridgehead atoms. The van der Waals surface area contributed by atoms with Gasteiger partial charge < -0.3 is 5.32 Å². The van der Waals surface area contributed by atoms with Gasteiger partial charge >= 0.3 is 0 Å². The first-order valence-corrected chi connectivity index (χ1v) is 6.34. The maximum absolute atomic E-state index is 13.8. The number of nitrogens with one attached hydrogen (secondary N) is 1. The van der Waals surface area contributed by atoms with Crippen LogP contribution in [0.25, 0.3) is 11.1 Å². The Morgan fingerprint density at radius 1 is 1.00 bits per heavy atom. The SMILES string of the molecule is Cc1ccccc1-c1ccc(F)c2c1CNCC2.Cl. The second-order valence-corrected chi connectivity index (χ2v) is 4.79. The van der Waals surface area contributed by atoms with Crippen LogP contribution in [0.1, 0.15) is 16.7 Å². The van der Waals surface area contributed by atoms with E-state index in [1.165, 1.54) is 11.1 Å². The first-order valence-electron chi connectivity index (χ1n) is 6.34. The summed E-state index contributed by atoms with van der Waals surface area (Å²) in [6.45, 7) is 3.72. The lowest BCUT2D eigenvalue weighted by Crippen LogP contribution is -2.25. The van der Waals surface area contributed by atoms with Crippen molar-refractivity contribution < 1.29 is 4.39 Å². The zero-order valence-electron chi connectivity index (χ0n) is 10.9. The van der Waals surface area contributed by atoms with Gasteiger partial charge in [0.25, 0.3) is 0 Å². The van der Waals surface area contributed by atoms with E-state index < -0.39 is 0 Å². The van der Waals surface area contributed by atoms with Crippen LogP contribution >= 0.6 is 12.4 Å². The van der Waals surface area contributed by atoms with E-state index in [0.717, 1.165) is 36.2 Å². The minimum absolute atomic E-state index is 0. The van der Waals surface area contributed by atoms with Gasteiger partial charge in [-0.1, -0.05) is 30.3 Å². The van der Waals surface area contributed by atoms with Crippen molar-refractivity contribution in [3.8, 4) is 11.1 Å². The smallest absolute Gasteiger partial charge is 0.126 e. The maximum Gasteiger partial charge on any atom is 0.126 e. The third-order valence-corrected chi connectivity index (χ3v) is 3.66. The van der Waals surface area contributed by atoms with Crippen LogP contribution in [0.2, 0.25) is 0 Å². The molecule has 1 nitrogen and oxygen atoms in total. The van der Waals surface area contributed by atoms with Gasteiger partial charge in [-0.25, -0.2) is 4.39 Å². The summed E-state index contributed by atoms with van der Waals surface area (Å²) in [5.41, 5.74) is 5.61. The molecule has 3 heteroatoms. The molecule has 0 aliphatic carbocycles. The summed E-state index contributed by atoms with van der Waals surface area (Å²) in [7, 11) is 0. The van der Waals surface area contributed by atoms with Gasteiger partial charge in [0, 0.05) is 6.54 Å². The first kappa shape index (κ1) is 14.0. The second kappa shape index (κ2) is 5.72. The summed E-state index contributed by atoms with van der Waals surface area (Å²) in [6.07, 6.45) is 0.779. The number of hydrogen-bond donors (Lipinski definition) is 1. The number of aryl methyl sites for hydroxylation is 1. The van der Waals surface area contributed by atoms with Gasteiger partial charge in [0.05, 0.1) is 0 Å². The third-order valence-electron chi connectivity index (χ3n) is 3.66. The topological polar surface area (TPSA) is 12.0 Å². The lowest BCUT2D eigenvalue weighted by Gasteiger charge is -2.22. The molecule has 0 spiro atoms. The predicted octanol–water partition coefficient (Wildman–Crippen LogP) is 3.87. The number of rotatable bonds is 1. The molecule has 0 unspecified atom stereocenters. The van der Waals surface area contributed by atoms with E-state index in [1.807, 2.05) is 18.2 Å². The first-order chi connectivity index (χ1) is 8.77. The summed E-state index contributed by atoms with van der Waals surface area (Å²) in [5.74, 6) is -0.0659. The van der Waals surface area contributed by atoms with Gasteiger partial charge in [0.15, 0.2) is 0 Å². The molecule has 3 rings (SSSR count). The van der Waals surface area contributed by atoms with Crippen molar-refractivity contribution in [2.45, 2.75) is 19.9 Å². The molecule has 1 aliphatic heterocycles. The molecule has 0 radical (unpaired) electrons. The van der Waals surface area contributed by atoms with Crippen LogP contribution in [0.5, 0.6) is 0 Å². The monoisotopic (exact) mass is 277 g/mol. The van der Waals surface area contributed by atoms with E-state index in [0.29, 0.717) is 0 Å². The normalized spacial score (nSPS) is 13.6.